The highest BCUT2D eigenvalue weighted by Crippen LogP contribution is 2.26. The van der Waals surface area contributed by atoms with Gasteiger partial charge in [-0.2, -0.15) is 5.26 Å². The summed E-state index contributed by atoms with van der Waals surface area (Å²) in [5, 5.41) is 18.7. The number of benzene rings is 2. The van der Waals surface area contributed by atoms with Crippen LogP contribution in [0.25, 0.3) is 17.3 Å². The molecule has 1 aliphatic rings. The van der Waals surface area contributed by atoms with Crippen molar-refractivity contribution in [2.75, 3.05) is 37.8 Å². The molecule has 0 radical (unpaired) electrons. The summed E-state index contributed by atoms with van der Waals surface area (Å²) in [6, 6.07) is 19.8. The molecule has 1 saturated heterocycles. The molecule has 30 heavy (non-hydrogen) atoms. The van der Waals surface area contributed by atoms with Gasteiger partial charge in [0.2, 0.25) is 5.95 Å². The fourth-order valence-electron chi connectivity index (χ4n) is 3.37. The normalized spacial score (nSPS) is 14.4. The van der Waals surface area contributed by atoms with E-state index in [1.165, 1.54) is 0 Å². The first-order chi connectivity index (χ1) is 14.8. The number of anilines is 1. The SMILES string of the molecule is CCOc1ccc(/C=C(\C#N)c2nnc(N3CCOCC3)n2-c2ccccc2)cc1. The largest absolute Gasteiger partial charge is 0.494 e. The number of para-hydroxylation sites is 1. The van der Waals surface area contributed by atoms with Gasteiger partial charge in [-0.05, 0) is 42.8 Å². The molecule has 0 aliphatic carbocycles. The molecule has 0 unspecified atom stereocenters. The molecule has 0 atom stereocenters. The molecule has 0 bridgehead atoms. The zero-order valence-electron chi connectivity index (χ0n) is 16.9. The summed E-state index contributed by atoms with van der Waals surface area (Å²) in [6.07, 6.45) is 1.82. The van der Waals surface area contributed by atoms with Gasteiger partial charge in [-0.1, -0.05) is 30.3 Å². The Hall–Kier alpha value is -3.63. The van der Waals surface area contributed by atoms with Crippen LogP contribution < -0.4 is 9.64 Å². The summed E-state index contributed by atoms with van der Waals surface area (Å²) in [5.74, 6) is 2.03. The molecule has 3 aromatic rings. The molecular formula is C23H23N5O2. The highest BCUT2D eigenvalue weighted by Gasteiger charge is 2.23. The molecule has 7 nitrogen and oxygen atoms in total. The molecule has 0 saturated carbocycles. The Labute approximate surface area is 175 Å². The number of aromatic nitrogens is 3. The topological polar surface area (TPSA) is 76.2 Å². The molecule has 0 N–H and O–H groups in total. The van der Waals surface area contributed by atoms with Crippen LogP contribution in [0.1, 0.15) is 18.3 Å². The molecule has 0 spiro atoms. The van der Waals surface area contributed by atoms with Gasteiger partial charge in [-0.3, -0.25) is 4.57 Å². The predicted molar refractivity (Wildman–Crippen MR) is 115 cm³/mol. The van der Waals surface area contributed by atoms with Crippen molar-refractivity contribution in [3.05, 3.63) is 66.0 Å². The predicted octanol–water partition coefficient (Wildman–Crippen LogP) is 3.57. The van der Waals surface area contributed by atoms with E-state index in [1.54, 1.807) is 0 Å². The number of allylic oxidation sites excluding steroid dienone is 1. The van der Waals surface area contributed by atoms with E-state index in [-0.39, 0.29) is 0 Å². The Morgan fingerprint density at radius 3 is 2.50 bits per heavy atom. The van der Waals surface area contributed by atoms with E-state index >= 15 is 0 Å². The van der Waals surface area contributed by atoms with Crippen LogP contribution in [-0.2, 0) is 4.74 Å². The van der Waals surface area contributed by atoms with Gasteiger partial charge in [-0.25, -0.2) is 0 Å². The van der Waals surface area contributed by atoms with Gasteiger partial charge >= 0.3 is 0 Å². The average Bonchev–Trinajstić information content (AvgIpc) is 3.25. The molecule has 2 aromatic carbocycles. The number of hydrogen-bond donors (Lipinski definition) is 0. The first-order valence-corrected chi connectivity index (χ1v) is 9.98. The van der Waals surface area contributed by atoms with Crippen molar-refractivity contribution in [2.45, 2.75) is 6.92 Å². The van der Waals surface area contributed by atoms with Crippen LogP contribution in [0.15, 0.2) is 54.6 Å². The molecule has 1 aromatic heterocycles. The van der Waals surface area contributed by atoms with E-state index in [9.17, 15) is 5.26 Å². The van der Waals surface area contributed by atoms with Crippen LogP contribution in [0.2, 0.25) is 0 Å². The van der Waals surface area contributed by atoms with Crippen LogP contribution in [0.4, 0.5) is 5.95 Å². The number of nitrogens with zero attached hydrogens (tertiary/aromatic N) is 5. The fraction of sp³-hybridized carbons (Fsp3) is 0.261. The molecule has 1 aliphatic heterocycles. The minimum absolute atomic E-state index is 0.440. The number of morpholine rings is 1. The van der Waals surface area contributed by atoms with Crippen molar-refractivity contribution in [3.63, 3.8) is 0 Å². The van der Waals surface area contributed by atoms with Crippen molar-refractivity contribution in [1.29, 1.82) is 5.26 Å². The van der Waals surface area contributed by atoms with Crippen LogP contribution in [-0.4, -0.2) is 47.7 Å². The maximum atomic E-state index is 9.91. The third-order valence-electron chi connectivity index (χ3n) is 4.82. The molecule has 4 rings (SSSR count). The van der Waals surface area contributed by atoms with Crippen LogP contribution in [0.5, 0.6) is 5.75 Å². The third-order valence-corrected chi connectivity index (χ3v) is 4.82. The van der Waals surface area contributed by atoms with E-state index in [4.69, 9.17) is 9.47 Å². The molecule has 0 amide bonds. The molecule has 1 fully saturated rings. The Morgan fingerprint density at radius 2 is 1.83 bits per heavy atom. The van der Waals surface area contributed by atoms with E-state index in [0.717, 1.165) is 30.1 Å². The maximum Gasteiger partial charge on any atom is 0.232 e. The number of hydrogen-bond acceptors (Lipinski definition) is 6. The number of ether oxygens (including phenoxy) is 2. The monoisotopic (exact) mass is 401 g/mol. The quantitative estimate of drug-likeness (QED) is 0.588. The number of nitriles is 1. The molecule has 152 valence electrons. The Balaban J connectivity index is 1.76. The van der Waals surface area contributed by atoms with Gasteiger partial charge in [0.25, 0.3) is 0 Å². The second-order valence-corrected chi connectivity index (χ2v) is 6.77. The van der Waals surface area contributed by atoms with Crippen molar-refractivity contribution in [2.24, 2.45) is 0 Å². The highest BCUT2D eigenvalue weighted by molar-refractivity contribution is 5.88. The summed E-state index contributed by atoms with van der Waals surface area (Å²) in [7, 11) is 0. The highest BCUT2D eigenvalue weighted by atomic mass is 16.5. The Kier molecular flexibility index (Phi) is 6.06. The van der Waals surface area contributed by atoms with Crippen molar-refractivity contribution >= 4 is 17.6 Å². The van der Waals surface area contributed by atoms with Gasteiger partial charge in [-0.15, -0.1) is 10.2 Å². The van der Waals surface area contributed by atoms with E-state index < -0.39 is 0 Å². The lowest BCUT2D eigenvalue weighted by Gasteiger charge is -2.28. The summed E-state index contributed by atoms with van der Waals surface area (Å²) < 4.78 is 12.9. The molecule has 2 heterocycles. The van der Waals surface area contributed by atoms with Crippen molar-refractivity contribution in [3.8, 4) is 17.5 Å². The van der Waals surface area contributed by atoms with Gasteiger partial charge in [0.15, 0.2) is 5.82 Å². The standard InChI is InChI=1S/C23H23N5O2/c1-2-30-21-10-8-18(9-11-21)16-19(17-24)22-25-26-23(27-12-14-29-15-13-27)28(22)20-6-4-3-5-7-20/h3-11,16H,2,12-15H2,1H3/b19-16+. The van der Waals surface area contributed by atoms with Gasteiger partial charge < -0.3 is 14.4 Å². The summed E-state index contributed by atoms with van der Waals surface area (Å²) in [5.41, 5.74) is 2.24. The molecular weight excluding hydrogens is 378 g/mol. The van der Waals surface area contributed by atoms with E-state index in [1.807, 2.05) is 72.2 Å². The fourth-order valence-corrected chi connectivity index (χ4v) is 3.37. The minimum Gasteiger partial charge on any atom is -0.494 e. The van der Waals surface area contributed by atoms with Crippen molar-refractivity contribution in [1.82, 2.24) is 14.8 Å². The smallest absolute Gasteiger partial charge is 0.232 e. The van der Waals surface area contributed by atoms with Gasteiger partial charge in [0.05, 0.1) is 31.1 Å². The van der Waals surface area contributed by atoms with Gasteiger partial charge in [0, 0.05) is 13.1 Å². The molecule has 7 heteroatoms. The summed E-state index contributed by atoms with van der Waals surface area (Å²) in [4.78, 5) is 2.14. The maximum absolute atomic E-state index is 9.91. The first-order valence-electron chi connectivity index (χ1n) is 9.98. The zero-order valence-corrected chi connectivity index (χ0v) is 16.9. The van der Waals surface area contributed by atoms with Crippen LogP contribution >= 0.6 is 0 Å². The lowest BCUT2D eigenvalue weighted by atomic mass is 10.1. The minimum atomic E-state index is 0.440. The number of rotatable bonds is 6. The lowest BCUT2D eigenvalue weighted by molar-refractivity contribution is 0.122. The zero-order chi connectivity index (χ0) is 20.8. The van der Waals surface area contributed by atoms with E-state index in [0.29, 0.717) is 37.2 Å². The average molecular weight is 401 g/mol. The third kappa shape index (κ3) is 4.19. The second kappa shape index (κ2) is 9.25. The second-order valence-electron chi connectivity index (χ2n) is 6.77. The Morgan fingerprint density at radius 1 is 1.10 bits per heavy atom. The Bertz CT molecular complexity index is 1050. The van der Waals surface area contributed by atoms with E-state index in [2.05, 4.69) is 21.2 Å². The summed E-state index contributed by atoms with van der Waals surface area (Å²) >= 11 is 0. The first kappa shape index (κ1) is 19.7. The van der Waals surface area contributed by atoms with Crippen LogP contribution in [0.3, 0.4) is 0 Å². The lowest BCUT2D eigenvalue weighted by Crippen LogP contribution is -2.38. The van der Waals surface area contributed by atoms with Crippen molar-refractivity contribution < 1.29 is 9.47 Å². The summed E-state index contributed by atoms with van der Waals surface area (Å²) in [6.45, 7) is 5.31. The van der Waals surface area contributed by atoms with Gasteiger partial charge in [0.1, 0.15) is 11.8 Å². The van der Waals surface area contributed by atoms with Crippen LogP contribution in [0, 0.1) is 11.3 Å².